The Kier molecular flexibility index (Phi) is 7.12. The third-order valence-electron chi connectivity index (χ3n) is 5.06. The van der Waals surface area contributed by atoms with E-state index in [1.165, 1.54) is 17.0 Å². The van der Waals surface area contributed by atoms with E-state index < -0.39 is 28.7 Å². The Bertz CT molecular complexity index is 1100. The van der Waals surface area contributed by atoms with Crippen molar-refractivity contribution in [3.63, 3.8) is 0 Å². The number of nitrogens with zero attached hydrogens (tertiary/aromatic N) is 2. The van der Waals surface area contributed by atoms with Crippen molar-refractivity contribution < 1.29 is 18.7 Å². The summed E-state index contributed by atoms with van der Waals surface area (Å²) in [6.45, 7) is 2.55. The second kappa shape index (κ2) is 9.97. The van der Waals surface area contributed by atoms with Crippen molar-refractivity contribution in [3.05, 3.63) is 93.4 Å². The van der Waals surface area contributed by atoms with Gasteiger partial charge in [0, 0.05) is 19.0 Å². The summed E-state index contributed by atoms with van der Waals surface area (Å²) in [6, 6.07) is 13.2. The zero-order chi connectivity index (χ0) is 22.4. The Balaban J connectivity index is 1.89. The van der Waals surface area contributed by atoms with Crippen LogP contribution >= 0.6 is 0 Å². The number of benzene rings is 2. The molecular formula is C23H23F2N3O3. The monoisotopic (exact) mass is 427 g/mol. The molecule has 3 rings (SSSR count). The Morgan fingerprint density at radius 3 is 2.52 bits per heavy atom. The standard InChI is InChI=1S/C23H23F2N3O3/c1-2-11-28(23(31)21-22(30)20(29)14-26-27-21)12-10-17(15-6-4-3-5-7-15)16-8-9-18(24)19(25)13-16/h3-9,13-14,17H,2,10-12H2,1H3,(H,26,30)(H,27,29). The van der Waals surface area contributed by atoms with Crippen molar-refractivity contribution in [2.75, 3.05) is 13.1 Å². The summed E-state index contributed by atoms with van der Waals surface area (Å²) in [5.41, 5.74) is 0.467. The second-order valence-corrected chi connectivity index (χ2v) is 7.18. The molecular weight excluding hydrogens is 404 g/mol. The van der Waals surface area contributed by atoms with Crippen molar-refractivity contribution in [1.82, 2.24) is 15.1 Å². The molecule has 0 fully saturated rings. The van der Waals surface area contributed by atoms with E-state index in [2.05, 4.69) is 10.2 Å². The van der Waals surface area contributed by atoms with Crippen LogP contribution in [0.25, 0.3) is 0 Å². The maximum Gasteiger partial charge on any atom is 0.275 e. The van der Waals surface area contributed by atoms with Gasteiger partial charge in [0.05, 0.1) is 6.20 Å². The molecule has 8 heteroatoms. The SMILES string of the molecule is CCCN(CCC(c1ccccc1)c1ccc(F)c(F)c1)C(=O)c1[nH]ncc(=O)c1O. The van der Waals surface area contributed by atoms with Crippen LogP contribution in [0.2, 0.25) is 0 Å². The first-order valence-electron chi connectivity index (χ1n) is 9.98. The van der Waals surface area contributed by atoms with Gasteiger partial charge in [0.1, 0.15) is 0 Å². The number of nitrogens with one attached hydrogen (secondary N) is 1. The summed E-state index contributed by atoms with van der Waals surface area (Å²) in [7, 11) is 0. The summed E-state index contributed by atoms with van der Waals surface area (Å²) >= 11 is 0. The third-order valence-corrected chi connectivity index (χ3v) is 5.06. The number of aromatic amines is 1. The number of rotatable bonds is 8. The molecule has 1 heterocycles. The van der Waals surface area contributed by atoms with Gasteiger partial charge in [-0.3, -0.25) is 14.7 Å². The predicted octanol–water partition coefficient (Wildman–Crippen LogP) is 3.83. The van der Waals surface area contributed by atoms with Gasteiger partial charge >= 0.3 is 0 Å². The molecule has 0 bridgehead atoms. The molecule has 162 valence electrons. The molecule has 0 spiro atoms. The summed E-state index contributed by atoms with van der Waals surface area (Å²) in [5, 5.41) is 16.0. The lowest BCUT2D eigenvalue weighted by Gasteiger charge is -2.26. The highest BCUT2D eigenvalue weighted by Crippen LogP contribution is 2.29. The molecule has 0 radical (unpaired) electrons. The molecule has 0 aliphatic heterocycles. The van der Waals surface area contributed by atoms with Crippen LogP contribution in [-0.4, -0.2) is 39.2 Å². The number of amides is 1. The molecule has 1 aromatic heterocycles. The van der Waals surface area contributed by atoms with Gasteiger partial charge < -0.3 is 10.0 Å². The Hall–Kier alpha value is -3.55. The van der Waals surface area contributed by atoms with Crippen molar-refractivity contribution in [3.8, 4) is 5.75 Å². The van der Waals surface area contributed by atoms with E-state index in [1.54, 1.807) is 0 Å². The molecule has 1 atom stereocenters. The van der Waals surface area contributed by atoms with Crippen LogP contribution in [0.5, 0.6) is 5.75 Å². The van der Waals surface area contributed by atoms with E-state index in [0.717, 1.165) is 17.8 Å². The van der Waals surface area contributed by atoms with Crippen LogP contribution < -0.4 is 5.43 Å². The normalized spacial score (nSPS) is 11.8. The van der Waals surface area contributed by atoms with Crippen molar-refractivity contribution in [2.24, 2.45) is 0 Å². The molecule has 1 amide bonds. The van der Waals surface area contributed by atoms with E-state index in [4.69, 9.17) is 0 Å². The maximum atomic E-state index is 13.9. The molecule has 0 aliphatic carbocycles. The lowest BCUT2D eigenvalue weighted by molar-refractivity contribution is 0.0741. The Labute approximate surface area is 178 Å². The molecule has 31 heavy (non-hydrogen) atoms. The van der Waals surface area contributed by atoms with Crippen LogP contribution in [0, 0.1) is 11.6 Å². The maximum absolute atomic E-state index is 13.9. The number of H-pyrrole nitrogens is 1. The Morgan fingerprint density at radius 1 is 1.10 bits per heavy atom. The molecule has 1 unspecified atom stereocenters. The minimum atomic E-state index is -0.933. The molecule has 6 nitrogen and oxygen atoms in total. The highest BCUT2D eigenvalue weighted by molar-refractivity contribution is 5.94. The van der Waals surface area contributed by atoms with Gasteiger partial charge in [0.25, 0.3) is 5.91 Å². The van der Waals surface area contributed by atoms with Crippen molar-refractivity contribution in [1.29, 1.82) is 0 Å². The number of carbonyl (C=O) groups excluding carboxylic acids is 1. The highest BCUT2D eigenvalue weighted by Gasteiger charge is 2.23. The van der Waals surface area contributed by atoms with E-state index in [0.29, 0.717) is 24.9 Å². The fourth-order valence-electron chi connectivity index (χ4n) is 3.51. The topological polar surface area (TPSA) is 86.3 Å². The average Bonchev–Trinajstić information content (AvgIpc) is 2.77. The second-order valence-electron chi connectivity index (χ2n) is 7.18. The summed E-state index contributed by atoms with van der Waals surface area (Å²) in [6.07, 6.45) is 1.97. The number of halogens is 2. The summed E-state index contributed by atoms with van der Waals surface area (Å²) in [5.74, 6) is -3.37. The minimum Gasteiger partial charge on any atom is -0.502 e. The lowest BCUT2D eigenvalue weighted by atomic mass is 9.88. The number of aromatic hydroxyl groups is 1. The largest absolute Gasteiger partial charge is 0.502 e. The highest BCUT2D eigenvalue weighted by atomic mass is 19.2. The first-order valence-corrected chi connectivity index (χ1v) is 9.98. The van der Waals surface area contributed by atoms with Gasteiger partial charge in [0.15, 0.2) is 23.1 Å². The van der Waals surface area contributed by atoms with E-state index in [1.807, 2.05) is 37.3 Å². The van der Waals surface area contributed by atoms with Crippen LogP contribution in [0.15, 0.2) is 59.5 Å². The summed E-state index contributed by atoms with van der Waals surface area (Å²) < 4.78 is 27.4. The van der Waals surface area contributed by atoms with Crippen molar-refractivity contribution in [2.45, 2.75) is 25.7 Å². The van der Waals surface area contributed by atoms with Gasteiger partial charge in [-0.1, -0.05) is 43.3 Å². The molecule has 2 N–H and O–H groups in total. The minimum absolute atomic E-state index is 0.265. The summed E-state index contributed by atoms with van der Waals surface area (Å²) in [4.78, 5) is 26.1. The molecule has 0 saturated heterocycles. The van der Waals surface area contributed by atoms with Gasteiger partial charge in [-0.2, -0.15) is 5.10 Å². The quantitative estimate of drug-likeness (QED) is 0.572. The third kappa shape index (κ3) is 5.14. The lowest BCUT2D eigenvalue weighted by Crippen LogP contribution is -2.35. The first kappa shape index (κ1) is 22.1. The average molecular weight is 427 g/mol. The molecule has 0 saturated carbocycles. The van der Waals surface area contributed by atoms with E-state index in [-0.39, 0.29) is 18.2 Å². The zero-order valence-corrected chi connectivity index (χ0v) is 17.0. The van der Waals surface area contributed by atoms with Crippen LogP contribution in [0.3, 0.4) is 0 Å². The fourth-order valence-corrected chi connectivity index (χ4v) is 3.51. The van der Waals surface area contributed by atoms with Crippen molar-refractivity contribution >= 4 is 5.91 Å². The predicted molar refractivity (Wildman–Crippen MR) is 112 cm³/mol. The molecule has 3 aromatic rings. The van der Waals surface area contributed by atoms with Crippen LogP contribution in [-0.2, 0) is 0 Å². The van der Waals surface area contributed by atoms with Gasteiger partial charge in [-0.15, -0.1) is 0 Å². The van der Waals surface area contributed by atoms with Gasteiger partial charge in [-0.25, -0.2) is 8.78 Å². The van der Waals surface area contributed by atoms with Crippen LogP contribution in [0.1, 0.15) is 47.3 Å². The molecule has 0 aliphatic rings. The fraction of sp³-hybridized carbons (Fsp3) is 0.261. The van der Waals surface area contributed by atoms with Crippen LogP contribution in [0.4, 0.5) is 8.78 Å². The molecule has 2 aromatic carbocycles. The van der Waals surface area contributed by atoms with Gasteiger partial charge in [0.2, 0.25) is 5.43 Å². The first-order chi connectivity index (χ1) is 14.9. The van der Waals surface area contributed by atoms with Gasteiger partial charge in [-0.05, 0) is 36.1 Å². The Morgan fingerprint density at radius 2 is 1.84 bits per heavy atom. The number of hydrogen-bond donors (Lipinski definition) is 2. The number of carbonyl (C=O) groups is 1. The number of hydrogen-bond acceptors (Lipinski definition) is 4. The van der Waals surface area contributed by atoms with E-state index in [9.17, 15) is 23.5 Å². The zero-order valence-electron chi connectivity index (χ0n) is 17.0. The van der Waals surface area contributed by atoms with E-state index >= 15 is 0 Å². The number of aromatic nitrogens is 2. The smallest absolute Gasteiger partial charge is 0.275 e.